The summed E-state index contributed by atoms with van der Waals surface area (Å²) in [4.78, 5) is 36.4. The highest BCUT2D eigenvalue weighted by atomic mass is 32.2. The van der Waals surface area contributed by atoms with Crippen molar-refractivity contribution < 1.29 is 27.5 Å². The molecule has 0 bridgehead atoms. The molecule has 2 heterocycles. The molecule has 2 fully saturated rings. The second-order valence-electron chi connectivity index (χ2n) is 7.85. The van der Waals surface area contributed by atoms with Crippen molar-refractivity contribution in [2.45, 2.75) is 64.0 Å². The predicted molar refractivity (Wildman–Crippen MR) is 101 cm³/mol. The molecule has 1 saturated carbocycles. The monoisotopic (exact) mass is 413 g/mol. The molecule has 0 aromatic rings. The second kappa shape index (κ2) is 8.59. The third-order valence-corrected chi connectivity index (χ3v) is 7.39. The lowest BCUT2D eigenvalue weighted by Crippen LogP contribution is -2.44. The van der Waals surface area contributed by atoms with Gasteiger partial charge < -0.3 is 10.1 Å². The van der Waals surface area contributed by atoms with E-state index in [1.807, 2.05) is 0 Å². The van der Waals surface area contributed by atoms with Crippen LogP contribution in [-0.2, 0) is 29.0 Å². The highest BCUT2D eigenvalue weighted by Gasteiger charge is 2.37. The molecular weight excluding hydrogens is 386 g/mol. The van der Waals surface area contributed by atoms with Gasteiger partial charge in [-0.25, -0.2) is 18.2 Å². The molecule has 1 aliphatic carbocycles. The van der Waals surface area contributed by atoms with Gasteiger partial charge in [0.15, 0.2) is 16.4 Å². The molecule has 3 aliphatic rings. The molecule has 0 aromatic heterocycles. The molecule has 3 atom stereocenters. The maximum Gasteiger partial charge on any atom is 0.355 e. The Labute approximate surface area is 164 Å². The topological polar surface area (TPSA) is 122 Å². The summed E-state index contributed by atoms with van der Waals surface area (Å²) in [5.41, 5.74) is 0.0442. The van der Waals surface area contributed by atoms with E-state index in [1.165, 1.54) is 6.42 Å². The van der Waals surface area contributed by atoms with E-state index in [0.717, 1.165) is 24.3 Å². The number of nitrogens with zero attached hydrogens (tertiary/aromatic N) is 2. The second-order valence-corrected chi connectivity index (χ2v) is 10.1. The first-order chi connectivity index (χ1) is 13.2. The van der Waals surface area contributed by atoms with Crippen molar-refractivity contribution in [3.8, 4) is 0 Å². The van der Waals surface area contributed by atoms with Gasteiger partial charge in [-0.05, 0) is 25.2 Å². The van der Waals surface area contributed by atoms with Crippen molar-refractivity contribution in [1.82, 2.24) is 10.3 Å². The van der Waals surface area contributed by atoms with E-state index in [1.54, 1.807) is 0 Å². The van der Waals surface area contributed by atoms with Crippen LogP contribution in [0.2, 0.25) is 0 Å². The van der Waals surface area contributed by atoms with Gasteiger partial charge >= 0.3 is 5.97 Å². The minimum atomic E-state index is -3.18. The van der Waals surface area contributed by atoms with E-state index < -0.39 is 28.5 Å². The zero-order valence-electron chi connectivity index (χ0n) is 16.1. The number of hydrazone groups is 1. The maximum absolute atomic E-state index is 12.3. The van der Waals surface area contributed by atoms with Gasteiger partial charge in [-0.2, -0.15) is 5.10 Å². The molecular formula is C18H27N3O6S. The van der Waals surface area contributed by atoms with Gasteiger partial charge in [0.05, 0.1) is 17.5 Å². The first kappa shape index (κ1) is 20.8. The summed E-state index contributed by atoms with van der Waals surface area (Å²) in [5, 5.41) is 8.06. The lowest BCUT2D eigenvalue weighted by molar-refractivity contribution is -0.143. The molecule has 2 amide bonds. The summed E-state index contributed by atoms with van der Waals surface area (Å²) in [5.74, 6) is -1.13. The van der Waals surface area contributed by atoms with E-state index in [4.69, 9.17) is 4.74 Å². The summed E-state index contributed by atoms with van der Waals surface area (Å²) >= 11 is 0. The lowest BCUT2D eigenvalue weighted by atomic mass is 9.86. The largest absolute Gasteiger partial charge is 0.451 e. The van der Waals surface area contributed by atoms with Gasteiger partial charge in [0.1, 0.15) is 5.71 Å². The third-order valence-electron chi connectivity index (χ3n) is 5.64. The molecule has 156 valence electrons. The van der Waals surface area contributed by atoms with Crippen LogP contribution in [-0.4, -0.2) is 67.1 Å². The molecule has 0 spiro atoms. The van der Waals surface area contributed by atoms with Crippen LogP contribution in [0.3, 0.4) is 0 Å². The van der Waals surface area contributed by atoms with E-state index in [-0.39, 0.29) is 47.9 Å². The van der Waals surface area contributed by atoms with Gasteiger partial charge in [0, 0.05) is 18.9 Å². The molecule has 9 nitrogen and oxygen atoms in total. The summed E-state index contributed by atoms with van der Waals surface area (Å²) in [6.45, 7) is 1.70. The van der Waals surface area contributed by atoms with Crippen molar-refractivity contribution in [2.24, 2.45) is 11.0 Å². The minimum absolute atomic E-state index is 0.0104. The zero-order chi connectivity index (χ0) is 20.3. The zero-order valence-corrected chi connectivity index (χ0v) is 16.9. The number of hydrogen-bond acceptors (Lipinski definition) is 7. The summed E-state index contributed by atoms with van der Waals surface area (Å²) < 4.78 is 28.4. The van der Waals surface area contributed by atoms with Gasteiger partial charge in [-0.1, -0.05) is 19.8 Å². The van der Waals surface area contributed by atoms with E-state index in [0.29, 0.717) is 12.3 Å². The maximum atomic E-state index is 12.3. The van der Waals surface area contributed by atoms with Crippen LogP contribution in [0.5, 0.6) is 0 Å². The first-order valence-electron chi connectivity index (χ1n) is 9.81. The SMILES string of the molecule is C[C@@H]1CCCC[C@@H]1NC(=O)COC(=O)C1=NN([C@@H]2CCS(=O)(=O)C2)C(=O)CC1. The highest BCUT2D eigenvalue weighted by molar-refractivity contribution is 7.91. The number of rotatable bonds is 5. The Morgan fingerprint density at radius 2 is 1.96 bits per heavy atom. The van der Waals surface area contributed by atoms with Gasteiger partial charge in [0.25, 0.3) is 5.91 Å². The van der Waals surface area contributed by atoms with Crippen molar-refractivity contribution in [2.75, 3.05) is 18.1 Å². The van der Waals surface area contributed by atoms with Crippen molar-refractivity contribution in [3.05, 3.63) is 0 Å². The quantitative estimate of drug-likeness (QED) is 0.651. The molecule has 3 rings (SSSR count). The molecule has 28 heavy (non-hydrogen) atoms. The molecule has 2 aliphatic heterocycles. The fourth-order valence-electron chi connectivity index (χ4n) is 3.97. The van der Waals surface area contributed by atoms with E-state index in [9.17, 15) is 22.8 Å². The van der Waals surface area contributed by atoms with Crippen LogP contribution in [0.15, 0.2) is 5.10 Å². The fraction of sp³-hybridized carbons (Fsp3) is 0.778. The number of sulfone groups is 1. The predicted octanol–water partition coefficient (Wildman–Crippen LogP) is 0.390. The number of amides is 2. The first-order valence-corrected chi connectivity index (χ1v) is 11.6. The molecule has 1 N–H and O–H groups in total. The minimum Gasteiger partial charge on any atom is -0.451 e. The molecule has 1 saturated heterocycles. The Morgan fingerprint density at radius 1 is 1.21 bits per heavy atom. The summed E-state index contributed by atoms with van der Waals surface area (Å²) in [6, 6.07) is -0.443. The van der Waals surface area contributed by atoms with Gasteiger partial charge in [-0.3, -0.25) is 9.59 Å². The molecule has 0 unspecified atom stereocenters. The number of ether oxygens (including phenoxy) is 1. The lowest BCUT2D eigenvalue weighted by Gasteiger charge is -2.29. The average molecular weight is 413 g/mol. The normalized spacial score (nSPS) is 29.9. The van der Waals surface area contributed by atoms with Crippen molar-refractivity contribution in [1.29, 1.82) is 0 Å². The standard InChI is InChI=1S/C18H27N3O6S/c1-12-4-2-3-5-14(12)19-16(22)10-27-18(24)15-6-7-17(23)21(20-15)13-8-9-28(25,26)11-13/h12-14H,2-11H2,1H3,(H,19,22)/t12-,13-,14+/m1/s1. The fourth-order valence-corrected chi connectivity index (χ4v) is 5.66. The van der Waals surface area contributed by atoms with Crippen molar-refractivity contribution in [3.63, 3.8) is 0 Å². The molecule has 0 radical (unpaired) electrons. The number of esters is 1. The summed E-state index contributed by atoms with van der Waals surface area (Å²) in [6.07, 6.45) is 4.73. The van der Waals surface area contributed by atoms with Crippen molar-refractivity contribution >= 4 is 33.3 Å². The summed E-state index contributed by atoms with van der Waals surface area (Å²) in [7, 11) is -3.18. The van der Waals surface area contributed by atoms with Crippen LogP contribution in [0, 0.1) is 5.92 Å². The molecule has 10 heteroatoms. The Bertz CT molecular complexity index is 778. The van der Waals surface area contributed by atoms with Gasteiger partial charge in [0.2, 0.25) is 5.91 Å². The van der Waals surface area contributed by atoms with Crippen LogP contribution >= 0.6 is 0 Å². The van der Waals surface area contributed by atoms with Crippen LogP contribution in [0.1, 0.15) is 51.9 Å². The number of nitrogens with one attached hydrogen (secondary N) is 1. The Kier molecular flexibility index (Phi) is 6.36. The van der Waals surface area contributed by atoms with Crippen LogP contribution in [0.4, 0.5) is 0 Å². The Balaban J connectivity index is 1.53. The number of carbonyl (C=O) groups is 3. The number of hydrogen-bond donors (Lipinski definition) is 1. The van der Waals surface area contributed by atoms with Gasteiger partial charge in [-0.15, -0.1) is 0 Å². The van der Waals surface area contributed by atoms with E-state index in [2.05, 4.69) is 17.3 Å². The number of carbonyl (C=O) groups excluding carboxylic acids is 3. The Morgan fingerprint density at radius 3 is 2.64 bits per heavy atom. The highest BCUT2D eigenvalue weighted by Crippen LogP contribution is 2.24. The average Bonchev–Trinajstić information content (AvgIpc) is 3.01. The smallest absolute Gasteiger partial charge is 0.355 e. The Hall–Kier alpha value is -1.97. The van der Waals surface area contributed by atoms with E-state index >= 15 is 0 Å². The molecule has 0 aromatic carbocycles. The van der Waals surface area contributed by atoms with Crippen LogP contribution < -0.4 is 5.32 Å². The third kappa shape index (κ3) is 5.09. The van der Waals surface area contributed by atoms with Crippen LogP contribution in [0.25, 0.3) is 0 Å².